The number of phenolic OH excluding ortho intramolecular Hbond substituents is 4. The minimum Gasteiger partial charge on any atom is -0.504 e. The van der Waals surface area contributed by atoms with Crippen molar-refractivity contribution in [1.29, 1.82) is 0 Å². The van der Waals surface area contributed by atoms with Crippen LogP contribution in [0.3, 0.4) is 0 Å². The summed E-state index contributed by atoms with van der Waals surface area (Å²) in [4.78, 5) is 40.4. The predicted molar refractivity (Wildman–Crippen MR) is 161 cm³/mol. The molecule has 46 heavy (non-hydrogen) atoms. The SMILES string of the molecule is COc1ccc(N2C(=O)[C@H]3[C@@H]4C(/C=C/C(=O)O[C@H](Cc5ccc(O)c(O)c5)C(=O)O)=C[C@@H]([C@@H](O)[C@@H]42)[C@@H]3c2ccc(O)c(O)c2)cc1. The molecule has 3 aromatic rings. The summed E-state index contributed by atoms with van der Waals surface area (Å²) in [6.45, 7) is 0. The van der Waals surface area contributed by atoms with Gasteiger partial charge >= 0.3 is 11.9 Å². The standard InChI is InChI=1S/C34H31NO11/c1-45-20-7-5-19(6-8-20)35-31-29-17(4-11-27(40)46-26(34(43)44)13-16-2-9-22(36)24(38)12-16)14-21(32(31)41)28(30(29)33(35)42)18-3-10-23(37)25(39)15-18/h2-12,14-15,21,26,28-32,36-39,41H,13H2,1H3,(H,43,44)/b11-4+/t21-,26-,28+,29+,30-,31-,32-/m1/s1. The number of anilines is 1. The van der Waals surface area contributed by atoms with Crippen LogP contribution in [-0.2, 0) is 25.5 Å². The smallest absolute Gasteiger partial charge is 0.345 e. The van der Waals surface area contributed by atoms with Crippen LogP contribution in [0, 0.1) is 17.8 Å². The zero-order chi connectivity index (χ0) is 32.9. The number of ether oxygens (including phenoxy) is 2. The average Bonchev–Trinajstić information content (AvgIpc) is 3.31. The van der Waals surface area contributed by atoms with Crippen molar-refractivity contribution in [2.45, 2.75) is 30.6 Å². The lowest BCUT2D eigenvalue weighted by Gasteiger charge is -2.48. The van der Waals surface area contributed by atoms with Crippen molar-refractivity contribution < 1.29 is 54.5 Å². The molecule has 0 radical (unpaired) electrons. The molecule has 6 N–H and O–H groups in total. The van der Waals surface area contributed by atoms with Crippen LogP contribution in [0.4, 0.5) is 5.69 Å². The lowest BCUT2D eigenvalue weighted by atomic mass is 9.56. The highest BCUT2D eigenvalue weighted by atomic mass is 16.6. The Balaban J connectivity index is 1.31. The molecule has 7 atom stereocenters. The van der Waals surface area contributed by atoms with Crippen LogP contribution in [0.15, 0.2) is 84.5 Å². The van der Waals surface area contributed by atoms with Crippen LogP contribution in [-0.4, -0.2) is 73.8 Å². The molecular formula is C34H31NO11. The molecule has 4 aliphatic rings. The van der Waals surface area contributed by atoms with E-state index in [-0.39, 0.29) is 29.6 Å². The molecule has 0 aromatic heterocycles. The minimum absolute atomic E-state index is 0.260. The van der Waals surface area contributed by atoms with E-state index in [9.17, 15) is 45.0 Å². The zero-order valence-electron chi connectivity index (χ0n) is 24.4. The van der Waals surface area contributed by atoms with Crippen LogP contribution < -0.4 is 9.64 Å². The fourth-order valence-electron chi connectivity index (χ4n) is 7.02. The summed E-state index contributed by atoms with van der Waals surface area (Å²) in [5.41, 5.74) is 2.01. The highest BCUT2D eigenvalue weighted by molar-refractivity contribution is 6.01. The van der Waals surface area contributed by atoms with Gasteiger partial charge in [-0.25, -0.2) is 9.59 Å². The van der Waals surface area contributed by atoms with Gasteiger partial charge in [-0.3, -0.25) is 4.79 Å². The van der Waals surface area contributed by atoms with E-state index in [1.54, 1.807) is 41.3 Å². The number of carbonyl (C=O) groups is 3. The van der Waals surface area contributed by atoms with Gasteiger partial charge in [0.2, 0.25) is 12.0 Å². The first-order valence-electron chi connectivity index (χ1n) is 14.5. The highest BCUT2D eigenvalue weighted by Crippen LogP contribution is 2.59. The Morgan fingerprint density at radius 3 is 2.20 bits per heavy atom. The van der Waals surface area contributed by atoms with E-state index in [0.717, 1.165) is 6.08 Å². The molecule has 1 heterocycles. The zero-order valence-corrected chi connectivity index (χ0v) is 24.4. The number of benzene rings is 3. The number of nitrogens with zero attached hydrogens (tertiary/aromatic N) is 1. The molecule has 12 heteroatoms. The van der Waals surface area contributed by atoms with Gasteiger partial charge in [-0.05, 0) is 65.2 Å². The summed E-state index contributed by atoms with van der Waals surface area (Å²) in [6, 6.07) is 14.2. The third kappa shape index (κ3) is 5.26. The summed E-state index contributed by atoms with van der Waals surface area (Å²) in [5, 5.41) is 60.7. The third-order valence-electron chi connectivity index (χ3n) is 9.03. The molecule has 0 unspecified atom stereocenters. The summed E-state index contributed by atoms with van der Waals surface area (Å²) >= 11 is 0. The number of allylic oxidation sites excluding steroid dienone is 1. The summed E-state index contributed by atoms with van der Waals surface area (Å²) in [5.74, 6) is -5.98. The number of hydrogen-bond donors (Lipinski definition) is 6. The highest BCUT2D eigenvalue weighted by Gasteiger charge is 2.64. The van der Waals surface area contributed by atoms with Crippen molar-refractivity contribution in [3.05, 3.63) is 95.6 Å². The van der Waals surface area contributed by atoms with E-state index >= 15 is 0 Å². The number of carboxylic acids is 1. The molecule has 1 amide bonds. The number of carbonyl (C=O) groups excluding carboxylic acids is 2. The number of phenols is 4. The first-order valence-corrected chi connectivity index (χ1v) is 14.5. The molecule has 0 spiro atoms. The number of aromatic hydroxyl groups is 4. The normalized spacial score (nSPS) is 25.4. The van der Waals surface area contributed by atoms with E-state index in [4.69, 9.17) is 9.47 Å². The topological polar surface area (TPSA) is 194 Å². The fraction of sp³-hybridized carbons (Fsp3) is 0.265. The van der Waals surface area contributed by atoms with Gasteiger partial charge in [0, 0.05) is 35.9 Å². The molecule has 238 valence electrons. The molecule has 7 rings (SSSR count). The lowest BCUT2D eigenvalue weighted by molar-refractivity contribution is -0.160. The predicted octanol–water partition coefficient (Wildman–Crippen LogP) is 2.98. The number of aliphatic hydroxyl groups excluding tert-OH is 1. The van der Waals surface area contributed by atoms with Gasteiger partial charge < -0.3 is 45.0 Å². The first kappa shape index (κ1) is 30.5. The maximum atomic E-state index is 14.2. The number of esters is 1. The van der Waals surface area contributed by atoms with Gasteiger partial charge in [0.05, 0.1) is 25.2 Å². The maximum absolute atomic E-state index is 14.2. The van der Waals surface area contributed by atoms with Gasteiger partial charge in [0.15, 0.2) is 23.0 Å². The molecule has 1 aliphatic heterocycles. The van der Waals surface area contributed by atoms with E-state index in [2.05, 4.69) is 0 Å². The lowest BCUT2D eigenvalue weighted by Crippen LogP contribution is -2.54. The monoisotopic (exact) mass is 629 g/mol. The second kappa shape index (κ2) is 11.8. The van der Waals surface area contributed by atoms with Crippen LogP contribution in [0.2, 0.25) is 0 Å². The molecule has 12 nitrogen and oxygen atoms in total. The second-order valence-corrected chi connectivity index (χ2v) is 11.6. The molecule has 1 saturated carbocycles. The van der Waals surface area contributed by atoms with Crippen LogP contribution in [0.25, 0.3) is 0 Å². The molecule has 2 fully saturated rings. The van der Waals surface area contributed by atoms with Gasteiger partial charge in [-0.1, -0.05) is 24.3 Å². The Labute approximate surface area is 262 Å². The van der Waals surface area contributed by atoms with E-state index in [1.807, 2.05) is 0 Å². The van der Waals surface area contributed by atoms with Gasteiger partial charge in [-0.2, -0.15) is 0 Å². The van der Waals surface area contributed by atoms with E-state index in [0.29, 0.717) is 28.1 Å². The number of amides is 1. The fourth-order valence-corrected chi connectivity index (χ4v) is 7.02. The summed E-state index contributed by atoms with van der Waals surface area (Å²) < 4.78 is 10.5. The van der Waals surface area contributed by atoms with Crippen molar-refractivity contribution in [2.24, 2.45) is 17.8 Å². The van der Waals surface area contributed by atoms with Crippen LogP contribution in [0.1, 0.15) is 17.0 Å². The first-order chi connectivity index (χ1) is 22.0. The van der Waals surface area contributed by atoms with Crippen LogP contribution in [0.5, 0.6) is 28.7 Å². The summed E-state index contributed by atoms with van der Waals surface area (Å²) in [7, 11) is 1.52. The molecule has 1 saturated heterocycles. The van der Waals surface area contributed by atoms with Crippen molar-refractivity contribution in [3.63, 3.8) is 0 Å². The minimum atomic E-state index is -1.59. The number of methoxy groups -OCH3 is 1. The largest absolute Gasteiger partial charge is 0.504 e. The summed E-state index contributed by atoms with van der Waals surface area (Å²) in [6.07, 6.45) is 1.45. The van der Waals surface area contributed by atoms with Gasteiger partial charge in [0.1, 0.15) is 5.75 Å². The number of carboxylic acid groups (broad SMARTS) is 1. The Kier molecular flexibility index (Phi) is 7.82. The third-order valence-corrected chi connectivity index (χ3v) is 9.03. The number of aliphatic carboxylic acids is 1. The average molecular weight is 630 g/mol. The second-order valence-electron chi connectivity index (χ2n) is 11.6. The molecule has 3 aliphatic carbocycles. The van der Waals surface area contributed by atoms with Crippen molar-refractivity contribution in [2.75, 3.05) is 12.0 Å². The number of aliphatic hydroxyl groups is 1. The Morgan fingerprint density at radius 1 is 0.891 bits per heavy atom. The van der Waals surface area contributed by atoms with Crippen molar-refractivity contribution in [3.8, 4) is 28.7 Å². The van der Waals surface area contributed by atoms with Gasteiger partial charge in [-0.15, -0.1) is 0 Å². The Morgan fingerprint density at radius 2 is 1.57 bits per heavy atom. The van der Waals surface area contributed by atoms with E-state index < -0.39 is 59.6 Å². The number of hydrogen-bond acceptors (Lipinski definition) is 10. The molecule has 4 bridgehead atoms. The van der Waals surface area contributed by atoms with E-state index in [1.165, 1.54) is 43.5 Å². The number of rotatable bonds is 9. The maximum Gasteiger partial charge on any atom is 0.345 e. The Bertz CT molecular complexity index is 1770. The molecular weight excluding hydrogens is 598 g/mol. The quantitative estimate of drug-likeness (QED) is 0.116. The molecule has 3 aromatic carbocycles. The Hall–Kier alpha value is -5.49. The van der Waals surface area contributed by atoms with Crippen molar-refractivity contribution >= 4 is 23.5 Å². The van der Waals surface area contributed by atoms with Crippen molar-refractivity contribution in [1.82, 2.24) is 0 Å². The van der Waals surface area contributed by atoms with Crippen LogP contribution >= 0.6 is 0 Å². The van der Waals surface area contributed by atoms with Gasteiger partial charge in [0.25, 0.3) is 0 Å².